The van der Waals surface area contributed by atoms with Gasteiger partial charge in [-0.2, -0.15) is 0 Å². The summed E-state index contributed by atoms with van der Waals surface area (Å²) in [5.41, 5.74) is 1.90. The standard InChI is InChI=1S/C15H12BrClFNO/c16-12-5-10(18)6-13(17)15(12)19-7-9-8-20-14-4-2-1-3-11(9)14/h1-6,9,19H,7-8H2. The number of fused-ring (bicyclic) bond motifs is 1. The molecular formula is C15H12BrClFNO. The Morgan fingerprint density at radius 3 is 2.95 bits per heavy atom. The van der Waals surface area contributed by atoms with Crippen LogP contribution in [0.15, 0.2) is 40.9 Å². The summed E-state index contributed by atoms with van der Waals surface area (Å²) in [6, 6.07) is 10.7. The molecular weight excluding hydrogens is 345 g/mol. The number of hydrogen-bond acceptors (Lipinski definition) is 2. The van der Waals surface area contributed by atoms with E-state index in [9.17, 15) is 4.39 Å². The Kier molecular flexibility index (Phi) is 3.85. The minimum absolute atomic E-state index is 0.263. The number of nitrogens with one attached hydrogen (secondary N) is 1. The van der Waals surface area contributed by atoms with Crippen LogP contribution < -0.4 is 10.1 Å². The lowest BCUT2D eigenvalue weighted by molar-refractivity contribution is 0.334. The maximum absolute atomic E-state index is 13.2. The summed E-state index contributed by atoms with van der Waals surface area (Å²) >= 11 is 9.38. The molecule has 1 aliphatic rings. The van der Waals surface area contributed by atoms with E-state index in [4.69, 9.17) is 16.3 Å². The molecule has 0 fully saturated rings. The van der Waals surface area contributed by atoms with E-state index < -0.39 is 0 Å². The van der Waals surface area contributed by atoms with Crippen LogP contribution >= 0.6 is 27.5 Å². The summed E-state index contributed by atoms with van der Waals surface area (Å²) in [6.07, 6.45) is 0. The predicted molar refractivity (Wildman–Crippen MR) is 82.3 cm³/mol. The second-order valence-electron chi connectivity index (χ2n) is 4.67. The third-order valence-corrected chi connectivity index (χ3v) is 4.25. The largest absolute Gasteiger partial charge is 0.493 e. The molecule has 0 bridgehead atoms. The van der Waals surface area contributed by atoms with Crippen molar-refractivity contribution in [3.05, 3.63) is 57.3 Å². The molecule has 1 aliphatic heterocycles. The lowest BCUT2D eigenvalue weighted by Gasteiger charge is -2.14. The van der Waals surface area contributed by atoms with Crippen LogP contribution in [0.3, 0.4) is 0 Å². The highest BCUT2D eigenvalue weighted by Gasteiger charge is 2.23. The molecule has 5 heteroatoms. The van der Waals surface area contributed by atoms with Crippen molar-refractivity contribution >= 4 is 33.2 Å². The Morgan fingerprint density at radius 2 is 2.15 bits per heavy atom. The second kappa shape index (κ2) is 5.62. The number of rotatable bonds is 3. The average Bonchev–Trinajstić information content (AvgIpc) is 2.81. The fourth-order valence-corrected chi connectivity index (χ4v) is 3.29. The molecule has 2 nitrogen and oxygen atoms in total. The first-order valence-electron chi connectivity index (χ1n) is 6.25. The summed E-state index contributed by atoms with van der Waals surface area (Å²) < 4.78 is 19.4. The van der Waals surface area contributed by atoms with Gasteiger partial charge in [0.25, 0.3) is 0 Å². The van der Waals surface area contributed by atoms with Gasteiger partial charge in [0.2, 0.25) is 0 Å². The first-order valence-corrected chi connectivity index (χ1v) is 7.42. The Bertz CT molecular complexity index is 627. The van der Waals surface area contributed by atoms with Gasteiger partial charge >= 0.3 is 0 Å². The number of anilines is 1. The van der Waals surface area contributed by atoms with Gasteiger partial charge in [0.1, 0.15) is 11.6 Å². The summed E-state index contributed by atoms with van der Waals surface area (Å²) in [7, 11) is 0. The smallest absolute Gasteiger partial charge is 0.125 e. The molecule has 3 rings (SSSR count). The van der Waals surface area contributed by atoms with Crippen LogP contribution in [0, 0.1) is 5.82 Å². The first-order chi connectivity index (χ1) is 9.65. The molecule has 0 aromatic heterocycles. The van der Waals surface area contributed by atoms with E-state index in [1.54, 1.807) is 0 Å². The topological polar surface area (TPSA) is 21.3 Å². The Balaban J connectivity index is 1.76. The van der Waals surface area contributed by atoms with E-state index in [1.165, 1.54) is 17.7 Å². The van der Waals surface area contributed by atoms with Crippen LogP contribution in [0.2, 0.25) is 5.02 Å². The highest BCUT2D eigenvalue weighted by Crippen LogP contribution is 2.36. The zero-order valence-electron chi connectivity index (χ0n) is 10.5. The molecule has 0 aliphatic carbocycles. The van der Waals surface area contributed by atoms with Gasteiger partial charge in [0.15, 0.2) is 0 Å². The van der Waals surface area contributed by atoms with Gasteiger partial charge in [-0.3, -0.25) is 0 Å². The Labute approximate surface area is 130 Å². The van der Waals surface area contributed by atoms with Gasteiger partial charge in [-0.25, -0.2) is 4.39 Å². The van der Waals surface area contributed by atoms with Crippen molar-refractivity contribution in [2.24, 2.45) is 0 Å². The summed E-state index contributed by atoms with van der Waals surface area (Å²) in [4.78, 5) is 0. The third kappa shape index (κ3) is 2.63. The SMILES string of the molecule is Fc1cc(Cl)c(NCC2COc3ccccc32)c(Br)c1. The van der Waals surface area contributed by atoms with E-state index in [-0.39, 0.29) is 11.7 Å². The van der Waals surface area contributed by atoms with Crippen molar-refractivity contribution in [3.63, 3.8) is 0 Å². The van der Waals surface area contributed by atoms with Gasteiger partial charge in [-0.05, 0) is 34.1 Å². The second-order valence-corrected chi connectivity index (χ2v) is 5.93. The molecule has 20 heavy (non-hydrogen) atoms. The Morgan fingerprint density at radius 1 is 1.35 bits per heavy atom. The van der Waals surface area contributed by atoms with E-state index in [0.29, 0.717) is 28.3 Å². The number of benzene rings is 2. The fraction of sp³-hybridized carbons (Fsp3) is 0.200. The molecule has 1 atom stereocenters. The maximum atomic E-state index is 13.2. The van der Waals surface area contributed by atoms with Crippen molar-refractivity contribution in [1.82, 2.24) is 0 Å². The van der Waals surface area contributed by atoms with Crippen molar-refractivity contribution in [2.45, 2.75) is 5.92 Å². The molecule has 2 aromatic carbocycles. The molecule has 1 heterocycles. The van der Waals surface area contributed by atoms with Crippen LogP contribution in [0.25, 0.3) is 0 Å². The van der Waals surface area contributed by atoms with Crippen LogP contribution in [0.1, 0.15) is 11.5 Å². The molecule has 0 saturated heterocycles. The van der Waals surface area contributed by atoms with Crippen molar-refractivity contribution in [2.75, 3.05) is 18.5 Å². The lowest BCUT2D eigenvalue weighted by atomic mass is 10.0. The molecule has 0 radical (unpaired) electrons. The quantitative estimate of drug-likeness (QED) is 0.850. The normalized spacial score (nSPS) is 16.6. The fourth-order valence-electron chi connectivity index (χ4n) is 2.33. The number of hydrogen-bond donors (Lipinski definition) is 1. The summed E-state index contributed by atoms with van der Waals surface area (Å²) in [5, 5.41) is 3.63. The zero-order valence-corrected chi connectivity index (χ0v) is 12.8. The molecule has 104 valence electrons. The maximum Gasteiger partial charge on any atom is 0.125 e. The van der Waals surface area contributed by atoms with E-state index in [0.717, 1.165) is 5.75 Å². The number of para-hydroxylation sites is 1. The van der Waals surface area contributed by atoms with Crippen LogP contribution in [-0.4, -0.2) is 13.2 Å². The predicted octanol–water partition coefficient (Wildman–Crippen LogP) is 4.83. The van der Waals surface area contributed by atoms with Gasteiger partial charge in [0.05, 0.1) is 17.3 Å². The minimum atomic E-state index is -0.359. The molecule has 2 aromatic rings. The first kappa shape index (κ1) is 13.7. The van der Waals surface area contributed by atoms with E-state index >= 15 is 0 Å². The third-order valence-electron chi connectivity index (χ3n) is 3.33. The minimum Gasteiger partial charge on any atom is -0.493 e. The van der Waals surface area contributed by atoms with E-state index in [2.05, 4.69) is 27.3 Å². The van der Waals surface area contributed by atoms with Crippen molar-refractivity contribution in [3.8, 4) is 5.75 Å². The number of ether oxygens (including phenoxy) is 1. The Hall–Kier alpha value is -1.26. The molecule has 0 spiro atoms. The molecule has 0 saturated carbocycles. The van der Waals surface area contributed by atoms with Crippen LogP contribution in [-0.2, 0) is 0 Å². The van der Waals surface area contributed by atoms with Crippen LogP contribution in [0.4, 0.5) is 10.1 Å². The van der Waals surface area contributed by atoms with Crippen molar-refractivity contribution < 1.29 is 9.13 Å². The van der Waals surface area contributed by atoms with E-state index in [1.807, 2.05) is 18.2 Å². The highest BCUT2D eigenvalue weighted by atomic mass is 79.9. The van der Waals surface area contributed by atoms with Gasteiger partial charge in [0, 0.05) is 22.5 Å². The van der Waals surface area contributed by atoms with Gasteiger partial charge < -0.3 is 10.1 Å². The van der Waals surface area contributed by atoms with Crippen LogP contribution in [0.5, 0.6) is 5.75 Å². The molecule has 1 unspecified atom stereocenters. The summed E-state index contributed by atoms with van der Waals surface area (Å²) in [5.74, 6) is 0.838. The lowest BCUT2D eigenvalue weighted by Crippen LogP contribution is -2.14. The van der Waals surface area contributed by atoms with Gasteiger partial charge in [-0.1, -0.05) is 29.8 Å². The number of halogens is 3. The molecule has 1 N–H and O–H groups in total. The monoisotopic (exact) mass is 355 g/mol. The molecule has 0 amide bonds. The van der Waals surface area contributed by atoms with Crippen molar-refractivity contribution in [1.29, 1.82) is 0 Å². The average molecular weight is 357 g/mol. The highest BCUT2D eigenvalue weighted by molar-refractivity contribution is 9.10. The summed E-state index contributed by atoms with van der Waals surface area (Å²) in [6.45, 7) is 1.32. The van der Waals surface area contributed by atoms with Gasteiger partial charge in [-0.15, -0.1) is 0 Å². The zero-order chi connectivity index (χ0) is 14.1.